The van der Waals surface area contributed by atoms with Crippen LogP contribution in [0.25, 0.3) is 0 Å². The molecule has 0 atom stereocenters. The molecule has 0 aliphatic rings. The minimum absolute atomic E-state index is 0.0448. The molecule has 0 aromatic carbocycles. The molecule has 0 unspecified atom stereocenters. The predicted octanol–water partition coefficient (Wildman–Crippen LogP) is 0.873. The van der Waals surface area contributed by atoms with E-state index in [1.165, 1.54) is 0 Å². The van der Waals surface area contributed by atoms with Crippen LogP contribution in [0.2, 0.25) is 0 Å². The first-order valence-electron chi connectivity index (χ1n) is 5.42. The Balaban J connectivity index is 3.17. The molecule has 1 rings (SSSR count). The van der Waals surface area contributed by atoms with E-state index in [-0.39, 0.29) is 5.41 Å². The zero-order chi connectivity index (χ0) is 11.5. The number of anilines is 1. The third-order valence-corrected chi connectivity index (χ3v) is 3.32. The third-order valence-electron chi connectivity index (χ3n) is 3.32. The summed E-state index contributed by atoms with van der Waals surface area (Å²) in [4.78, 5) is 0. The summed E-state index contributed by atoms with van der Waals surface area (Å²) in [6.45, 7) is 4.89. The first-order valence-corrected chi connectivity index (χ1v) is 5.42. The smallest absolute Gasteiger partial charge is 0.224 e. The van der Waals surface area contributed by atoms with Crippen LogP contribution in [0.5, 0.6) is 0 Å². The number of nitrogens with one attached hydrogen (secondary N) is 1. The lowest BCUT2D eigenvalue weighted by Crippen LogP contribution is -2.36. The molecule has 1 aromatic heterocycles. The lowest BCUT2D eigenvalue weighted by molar-refractivity contribution is 0.371. The average molecular weight is 211 g/mol. The van der Waals surface area contributed by atoms with Crippen LogP contribution in [-0.4, -0.2) is 28.4 Å². The van der Waals surface area contributed by atoms with E-state index in [1.807, 2.05) is 18.7 Å². The average Bonchev–Trinajstić information content (AvgIpc) is 2.64. The number of aromatic nitrogens is 3. The lowest BCUT2D eigenvalue weighted by atomic mass is 9.81. The van der Waals surface area contributed by atoms with E-state index in [1.54, 1.807) is 0 Å². The van der Waals surface area contributed by atoms with Gasteiger partial charge in [-0.05, 0) is 12.8 Å². The summed E-state index contributed by atoms with van der Waals surface area (Å²) < 4.78 is 1.99. The highest BCUT2D eigenvalue weighted by Crippen LogP contribution is 2.29. The summed E-state index contributed by atoms with van der Waals surface area (Å²) in [5, 5.41) is 11.3. The molecule has 15 heavy (non-hydrogen) atoms. The van der Waals surface area contributed by atoms with E-state index in [9.17, 15) is 0 Å². The van der Waals surface area contributed by atoms with Crippen LogP contribution in [0, 0.1) is 0 Å². The molecule has 3 N–H and O–H groups in total. The second-order valence-corrected chi connectivity index (χ2v) is 3.85. The second-order valence-electron chi connectivity index (χ2n) is 3.85. The molecule has 5 heteroatoms. The lowest BCUT2D eigenvalue weighted by Gasteiger charge is -2.28. The van der Waals surface area contributed by atoms with Crippen molar-refractivity contribution in [3.8, 4) is 0 Å². The molecular weight excluding hydrogens is 190 g/mol. The van der Waals surface area contributed by atoms with Gasteiger partial charge in [-0.15, -0.1) is 10.2 Å². The summed E-state index contributed by atoms with van der Waals surface area (Å²) in [6.07, 6.45) is 1.96. The van der Waals surface area contributed by atoms with E-state index < -0.39 is 0 Å². The molecule has 0 amide bonds. The fourth-order valence-electron chi connectivity index (χ4n) is 1.95. The fourth-order valence-corrected chi connectivity index (χ4v) is 1.95. The van der Waals surface area contributed by atoms with Crippen LogP contribution in [0.15, 0.2) is 0 Å². The first kappa shape index (κ1) is 12.0. The maximum absolute atomic E-state index is 5.88. The molecule has 0 radical (unpaired) electrons. The van der Waals surface area contributed by atoms with Gasteiger partial charge in [0, 0.05) is 26.1 Å². The van der Waals surface area contributed by atoms with Gasteiger partial charge in [-0.25, -0.2) is 0 Å². The van der Waals surface area contributed by atoms with Gasteiger partial charge < -0.3 is 15.6 Å². The third kappa shape index (κ3) is 1.84. The predicted molar refractivity (Wildman–Crippen MR) is 61.9 cm³/mol. The molecule has 86 valence electrons. The van der Waals surface area contributed by atoms with Gasteiger partial charge in [-0.3, -0.25) is 0 Å². The van der Waals surface area contributed by atoms with Gasteiger partial charge >= 0.3 is 0 Å². The van der Waals surface area contributed by atoms with Crippen molar-refractivity contribution in [1.82, 2.24) is 14.8 Å². The van der Waals surface area contributed by atoms with Crippen molar-refractivity contribution in [3.05, 3.63) is 5.82 Å². The van der Waals surface area contributed by atoms with Crippen LogP contribution in [0.4, 0.5) is 5.95 Å². The van der Waals surface area contributed by atoms with E-state index in [0.29, 0.717) is 6.54 Å². The van der Waals surface area contributed by atoms with Crippen molar-refractivity contribution in [1.29, 1.82) is 0 Å². The normalized spacial score (nSPS) is 11.8. The van der Waals surface area contributed by atoms with Crippen molar-refractivity contribution in [2.24, 2.45) is 12.8 Å². The molecule has 5 nitrogen and oxygen atoms in total. The Labute approximate surface area is 91.1 Å². The summed E-state index contributed by atoms with van der Waals surface area (Å²) in [6, 6.07) is 0. The molecule has 0 spiro atoms. The maximum Gasteiger partial charge on any atom is 0.224 e. The summed E-state index contributed by atoms with van der Waals surface area (Å²) in [7, 11) is 3.81. The topological polar surface area (TPSA) is 68.8 Å². The summed E-state index contributed by atoms with van der Waals surface area (Å²) in [5.41, 5.74) is 5.83. The highest BCUT2D eigenvalue weighted by molar-refractivity contribution is 5.27. The monoisotopic (exact) mass is 211 g/mol. The van der Waals surface area contributed by atoms with E-state index >= 15 is 0 Å². The Morgan fingerprint density at radius 1 is 1.33 bits per heavy atom. The van der Waals surface area contributed by atoms with E-state index in [4.69, 9.17) is 5.73 Å². The zero-order valence-corrected chi connectivity index (χ0v) is 10.0. The van der Waals surface area contributed by atoms with Crippen LogP contribution in [-0.2, 0) is 12.5 Å². The molecule has 0 aliphatic carbocycles. The van der Waals surface area contributed by atoms with Gasteiger partial charge in [0.15, 0.2) is 0 Å². The minimum Gasteiger partial charge on any atom is -0.357 e. The molecule has 0 saturated carbocycles. The molecule has 1 heterocycles. The molecule has 0 saturated heterocycles. The van der Waals surface area contributed by atoms with Crippen LogP contribution in [0.1, 0.15) is 32.5 Å². The van der Waals surface area contributed by atoms with E-state index in [0.717, 1.165) is 24.6 Å². The van der Waals surface area contributed by atoms with Gasteiger partial charge in [0.2, 0.25) is 5.95 Å². The fraction of sp³-hybridized carbons (Fsp3) is 0.800. The van der Waals surface area contributed by atoms with Crippen molar-refractivity contribution in [2.75, 3.05) is 18.9 Å². The number of nitrogens with zero attached hydrogens (tertiary/aromatic N) is 3. The Morgan fingerprint density at radius 2 is 1.93 bits per heavy atom. The van der Waals surface area contributed by atoms with Gasteiger partial charge in [-0.1, -0.05) is 13.8 Å². The summed E-state index contributed by atoms with van der Waals surface area (Å²) in [5.74, 6) is 1.75. The van der Waals surface area contributed by atoms with Crippen LogP contribution < -0.4 is 11.1 Å². The molecule has 1 aromatic rings. The molecular formula is C10H21N5. The largest absolute Gasteiger partial charge is 0.357 e. The Hall–Kier alpha value is -1.10. The van der Waals surface area contributed by atoms with Crippen molar-refractivity contribution < 1.29 is 0 Å². The Kier molecular flexibility index (Phi) is 3.68. The van der Waals surface area contributed by atoms with Crippen molar-refractivity contribution in [3.63, 3.8) is 0 Å². The minimum atomic E-state index is -0.0448. The van der Waals surface area contributed by atoms with Crippen molar-refractivity contribution in [2.45, 2.75) is 32.1 Å². The van der Waals surface area contributed by atoms with Crippen molar-refractivity contribution >= 4 is 5.95 Å². The Morgan fingerprint density at radius 3 is 2.27 bits per heavy atom. The van der Waals surface area contributed by atoms with Gasteiger partial charge in [0.25, 0.3) is 0 Å². The molecule has 0 fully saturated rings. The number of nitrogens with two attached hydrogens (primary N) is 1. The van der Waals surface area contributed by atoms with Crippen LogP contribution in [0.3, 0.4) is 0 Å². The number of rotatable bonds is 5. The van der Waals surface area contributed by atoms with Gasteiger partial charge in [0.05, 0.1) is 0 Å². The standard InChI is InChI=1S/C10H21N5/c1-5-10(6-2,7-11)8-13-14-9(12-3)15(8)4/h5-7,11H2,1-4H3,(H,12,14). The maximum atomic E-state index is 5.88. The van der Waals surface area contributed by atoms with Gasteiger partial charge in [-0.2, -0.15) is 0 Å². The van der Waals surface area contributed by atoms with Gasteiger partial charge in [0.1, 0.15) is 5.82 Å². The number of hydrogen-bond donors (Lipinski definition) is 2. The molecule has 0 aliphatic heterocycles. The highest BCUT2D eigenvalue weighted by atomic mass is 15.3. The summed E-state index contributed by atoms with van der Waals surface area (Å²) >= 11 is 0. The zero-order valence-electron chi connectivity index (χ0n) is 10.0. The number of hydrogen-bond acceptors (Lipinski definition) is 4. The quantitative estimate of drug-likeness (QED) is 0.758. The Bertz CT molecular complexity index is 305. The molecule has 0 bridgehead atoms. The second kappa shape index (κ2) is 4.61. The van der Waals surface area contributed by atoms with E-state index in [2.05, 4.69) is 29.4 Å². The highest BCUT2D eigenvalue weighted by Gasteiger charge is 2.32. The van der Waals surface area contributed by atoms with Crippen LogP contribution >= 0.6 is 0 Å². The SMILES string of the molecule is CCC(CC)(CN)c1nnc(NC)n1C. The first-order chi connectivity index (χ1) is 7.15.